The van der Waals surface area contributed by atoms with Gasteiger partial charge in [0, 0.05) is 5.69 Å². The molecule has 0 radical (unpaired) electrons. The highest BCUT2D eigenvalue weighted by atomic mass is 35.5. The number of carbonyl (C=O) groups excluding carboxylic acids is 3. The summed E-state index contributed by atoms with van der Waals surface area (Å²) in [4.78, 5) is 38.9. The lowest BCUT2D eigenvalue weighted by Gasteiger charge is -2.33. The van der Waals surface area contributed by atoms with Crippen LogP contribution in [-0.2, 0) is 27.7 Å². The van der Waals surface area contributed by atoms with E-state index in [1.165, 1.54) is 6.07 Å². The van der Waals surface area contributed by atoms with Crippen molar-refractivity contribution >= 4 is 35.1 Å². The Balaban J connectivity index is 1.53. The van der Waals surface area contributed by atoms with E-state index in [9.17, 15) is 27.6 Å². The molecule has 1 heterocycles. The third-order valence-corrected chi connectivity index (χ3v) is 5.84. The molecule has 1 aliphatic carbocycles. The molecule has 1 saturated heterocycles. The number of carbonyl (C=O) groups is 3. The van der Waals surface area contributed by atoms with E-state index in [1.807, 2.05) is 12.1 Å². The number of aryl methyl sites for hydroxylation is 1. The van der Waals surface area contributed by atoms with Gasteiger partial charge >= 0.3 is 12.2 Å². The maximum atomic E-state index is 13.2. The molecule has 6 nitrogen and oxygen atoms in total. The maximum absolute atomic E-state index is 13.2. The van der Waals surface area contributed by atoms with E-state index >= 15 is 0 Å². The van der Waals surface area contributed by atoms with Gasteiger partial charge in [-0.25, -0.2) is 4.79 Å². The van der Waals surface area contributed by atoms with Crippen molar-refractivity contribution in [1.29, 1.82) is 0 Å². The number of alkyl halides is 3. The molecule has 10 heteroatoms. The fourth-order valence-corrected chi connectivity index (χ4v) is 4.34. The van der Waals surface area contributed by atoms with Crippen LogP contribution in [0.4, 0.5) is 23.7 Å². The van der Waals surface area contributed by atoms with Crippen LogP contribution in [0.5, 0.6) is 0 Å². The van der Waals surface area contributed by atoms with E-state index in [1.54, 1.807) is 12.1 Å². The van der Waals surface area contributed by atoms with Gasteiger partial charge in [-0.15, -0.1) is 0 Å². The quantitative estimate of drug-likeness (QED) is 0.690. The molecule has 2 aromatic rings. The van der Waals surface area contributed by atoms with Gasteiger partial charge in [0.05, 0.1) is 10.6 Å². The molecule has 4 rings (SSSR count). The van der Waals surface area contributed by atoms with E-state index in [0.29, 0.717) is 24.5 Å². The second-order valence-electron chi connectivity index (χ2n) is 7.48. The predicted molar refractivity (Wildman–Crippen MR) is 106 cm³/mol. The molecular formula is C21H17ClF3N3O3. The molecule has 1 atom stereocenters. The first kappa shape index (κ1) is 21.2. The number of rotatable bonds is 3. The summed E-state index contributed by atoms with van der Waals surface area (Å²) in [6.45, 7) is -0.626. The van der Waals surface area contributed by atoms with Crippen molar-refractivity contribution in [2.75, 3.05) is 11.9 Å². The topological polar surface area (TPSA) is 78.5 Å². The number of imide groups is 1. The van der Waals surface area contributed by atoms with Crippen molar-refractivity contribution in [3.63, 3.8) is 0 Å². The molecule has 0 bridgehead atoms. The summed E-state index contributed by atoms with van der Waals surface area (Å²) in [6.07, 6.45) is -2.82. The van der Waals surface area contributed by atoms with Gasteiger partial charge in [0.15, 0.2) is 0 Å². The van der Waals surface area contributed by atoms with Crippen molar-refractivity contribution < 1.29 is 27.6 Å². The third kappa shape index (κ3) is 3.74. The molecule has 2 aromatic carbocycles. The van der Waals surface area contributed by atoms with E-state index < -0.39 is 46.7 Å². The highest BCUT2D eigenvalue weighted by Gasteiger charge is 2.54. The number of nitrogens with zero attached hydrogens (tertiary/aromatic N) is 1. The van der Waals surface area contributed by atoms with E-state index in [-0.39, 0.29) is 5.69 Å². The van der Waals surface area contributed by atoms with Gasteiger partial charge in [0.25, 0.3) is 5.91 Å². The SMILES string of the molecule is O=C(CN1C(=O)N[C@]2(CCCc3ccccc32)C1=O)Nc1ccc(Cl)c(C(F)(F)F)c1. The zero-order chi connectivity index (χ0) is 22.4. The van der Waals surface area contributed by atoms with Crippen LogP contribution in [0.3, 0.4) is 0 Å². The summed E-state index contributed by atoms with van der Waals surface area (Å²) in [7, 11) is 0. The van der Waals surface area contributed by atoms with Gasteiger partial charge in [0.1, 0.15) is 12.1 Å². The Kier molecular flexibility index (Phi) is 5.17. The molecule has 31 heavy (non-hydrogen) atoms. The minimum Gasteiger partial charge on any atom is -0.325 e. The smallest absolute Gasteiger partial charge is 0.325 e. The number of anilines is 1. The minimum atomic E-state index is -4.69. The molecule has 4 amide bonds. The number of hydrogen-bond donors (Lipinski definition) is 2. The fraction of sp³-hybridized carbons (Fsp3) is 0.286. The first-order valence-corrected chi connectivity index (χ1v) is 9.89. The lowest BCUT2D eigenvalue weighted by molar-refractivity contribution is -0.137. The van der Waals surface area contributed by atoms with Gasteiger partial charge in [-0.3, -0.25) is 14.5 Å². The van der Waals surface area contributed by atoms with E-state index in [4.69, 9.17) is 11.6 Å². The van der Waals surface area contributed by atoms with Gasteiger partial charge in [0.2, 0.25) is 5.91 Å². The van der Waals surface area contributed by atoms with Crippen molar-refractivity contribution in [2.45, 2.75) is 31.0 Å². The number of amides is 4. The van der Waals surface area contributed by atoms with Gasteiger partial charge in [-0.05, 0) is 48.6 Å². The van der Waals surface area contributed by atoms with Crippen molar-refractivity contribution in [2.24, 2.45) is 0 Å². The summed E-state index contributed by atoms with van der Waals surface area (Å²) in [5.41, 5.74) is -0.813. The minimum absolute atomic E-state index is 0.147. The summed E-state index contributed by atoms with van der Waals surface area (Å²) >= 11 is 5.58. The fourth-order valence-electron chi connectivity index (χ4n) is 4.12. The Bertz CT molecular complexity index is 1090. The standard InChI is InChI=1S/C21H17ClF3N3O3/c22-16-8-7-13(10-15(16)21(23,24)25)26-17(29)11-28-18(30)20(27-19(28)31)9-3-5-12-4-1-2-6-14(12)20/h1-2,4,6-8,10H,3,5,9,11H2,(H,26,29)(H,27,31)/t20-/m0/s1. The number of fused-ring (bicyclic) bond motifs is 2. The average Bonchev–Trinajstić information content (AvgIpc) is 2.94. The zero-order valence-corrected chi connectivity index (χ0v) is 16.8. The highest BCUT2D eigenvalue weighted by Crippen LogP contribution is 2.40. The van der Waals surface area contributed by atoms with Crippen LogP contribution in [0, 0.1) is 0 Å². The summed E-state index contributed by atoms with van der Waals surface area (Å²) in [5.74, 6) is -1.35. The number of hydrogen-bond acceptors (Lipinski definition) is 3. The molecule has 2 N–H and O–H groups in total. The van der Waals surface area contributed by atoms with Crippen molar-refractivity contribution in [3.05, 3.63) is 64.2 Å². The summed E-state index contributed by atoms with van der Waals surface area (Å²) in [5, 5.41) is 4.51. The second kappa shape index (κ2) is 7.56. The van der Waals surface area contributed by atoms with Crippen LogP contribution in [0.15, 0.2) is 42.5 Å². The Morgan fingerprint density at radius 3 is 2.68 bits per heavy atom. The molecule has 1 spiro atoms. The predicted octanol–water partition coefficient (Wildman–Crippen LogP) is 4.08. The van der Waals surface area contributed by atoms with E-state index in [2.05, 4.69) is 10.6 Å². The molecule has 1 fully saturated rings. The first-order chi connectivity index (χ1) is 14.6. The Labute approximate surface area is 180 Å². The van der Waals surface area contributed by atoms with Gasteiger partial charge in [-0.2, -0.15) is 13.2 Å². The van der Waals surface area contributed by atoms with Gasteiger partial charge in [-0.1, -0.05) is 35.9 Å². The van der Waals surface area contributed by atoms with Crippen molar-refractivity contribution in [3.8, 4) is 0 Å². The van der Waals surface area contributed by atoms with Crippen LogP contribution in [0.25, 0.3) is 0 Å². The molecule has 162 valence electrons. The molecule has 1 aliphatic heterocycles. The normalized spacial score (nSPS) is 20.6. The van der Waals surface area contributed by atoms with Crippen LogP contribution < -0.4 is 10.6 Å². The first-order valence-electron chi connectivity index (χ1n) is 9.51. The van der Waals surface area contributed by atoms with Crippen molar-refractivity contribution in [1.82, 2.24) is 10.2 Å². The lowest BCUT2D eigenvalue weighted by atomic mass is 9.76. The van der Waals surface area contributed by atoms with Crippen LogP contribution in [-0.4, -0.2) is 29.3 Å². The largest absolute Gasteiger partial charge is 0.417 e. The van der Waals surface area contributed by atoms with Crippen LogP contribution in [0.1, 0.15) is 29.5 Å². The Morgan fingerprint density at radius 1 is 1.19 bits per heavy atom. The maximum Gasteiger partial charge on any atom is 0.417 e. The molecule has 0 aromatic heterocycles. The number of benzene rings is 2. The number of nitrogens with one attached hydrogen (secondary N) is 2. The highest BCUT2D eigenvalue weighted by molar-refractivity contribution is 6.31. The van der Waals surface area contributed by atoms with Crippen LogP contribution >= 0.6 is 11.6 Å². The number of halogens is 4. The summed E-state index contributed by atoms with van der Waals surface area (Å²) < 4.78 is 39.1. The van der Waals surface area contributed by atoms with Gasteiger partial charge < -0.3 is 10.6 Å². The zero-order valence-electron chi connectivity index (χ0n) is 16.1. The summed E-state index contributed by atoms with van der Waals surface area (Å²) in [6, 6.07) is 9.51. The van der Waals surface area contributed by atoms with E-state index in [0.717, 1.165) is 23.0 Å². The molecule has 2 aliphatic rings. The Hall–Kier alpha value is -3.07. The Morgan fingerprint density at radius 2 is 1.94 bits per heavy atom. The monoisotopic (exact) mass is 451 g/mol. The molecule has 0 unspecified atom stereocenters. The third-order valence-electron chi connectivity index (χ3n) is 5.51. The lowest BCUT2D eigenvalue weighted by Crippen LogP contribution is -2.47. The second-order valence-corrected chi connectivity index (χ2v) is 7.89. The van der Waals surface area contributed by atoms with Crippen LogP contribution in [0.2, 0.25) is 5.02 Å². The molecular weight excluding hydrogens is 435 g/mol. The molecule has 0 saturated carbocycles. The number of urea groups is 1. The average molecular weight is 452 g/mol.